The number of rotatable bonds is 4. The second kappa shape index (κ2) is 6.21. The van der Waals surface area contributed by atoms with Gasteiger partial charge in [0.1, 0.15) is 16.2 Å². The fraction of sp³-hybridized carbons (Fsp3) is 0.100. The van der Waals surface area contributed by atoms with Crippen LogP contribution in [0, 0.1) is 6.92 Å². The first-order chi connectivity index (χ1) is 12.9. The lowest BCUT2D eigenvalue weighted by molar-refractivity contribution is 0.101. The summed E-state index contributed by atoms with van der Waals surface area (Å²) in [5.41, 5.74) is 1.74. The Bertz CT molecular complexity index is 1300. The Labute approximate surface area is 155 Å². The number of aryl methyl sites for hydroxylation is 1. The summed E-state index contributed by atoms with van der Waals surface area (Å²) < 4.78 is 34.0. The van der Waals surface area contributed by atoms with Crippen molar-refractivity contribution in [3.8, 4) is 0 Å². The Morgan fingerprint density at radius 3 is 2.67 bits per heavy atom. The molecular weight excluding hydrogens is 364 g/mol. The van der Waals surface area contributed by atoms with Gasteiger partial charge >= 0.3 is 0 Å². The zero-order valence-electron chi connectivity index (χ0n) is 14.7. The van der Waals surface area contributed by atoms with Crippen molar-refractivity contribution in [1.29, 1.82) is 0 Å². The molecule has 0 spiro atoms. The molecule has 0 aliphatic carbocycles. The molecule has 1 N–H and O–H groups in total. The van der Waals surface area contributed by atoms with Crippen LogP contribution in [0.2, 0.25) is 0 Å². The predicted octanol–water partition coefficient (Wildman–Crippen LogP) is 4.29. The average molecular weight is 380 g/mol. The van der Waals surface area contributed by atoms with Crippen LogP contribution in [0.15, 0.2) is 64.0 Å². The van der Waals surface area contributed by atoms with E-state index in [0.717, 1.165) is 5.39 Å². The lowest BCUT2D eigenvalue weighted by Crippen LogP contribution is -2.13. The first kappa shape index (κ1) is 17.2. The van der Waals surface area contributed by atoms with Crippen molar-refractivity contribution in [2.24, 2.45) is 0 Å². The van der Waals surface area contributed by atoms with Gasteiger partial charge in [0.05, 0.1) is 11.1 Å². The van der Waals surface area contributed by atoms with E-state index in [1.54, 1.807) is 55.6 Å². The molecule has 0 radical (unpaired) electrons. The van der Waals surface area contributed by atoms with E-state index in [9.17, 15) is 13.2 Å². The number of hydrogen-bond acceptors (Lipinski definition) is 5. The van der Waals surface area contributed by atoms with Crippen molar-refractivity contribution in [3.05, 3.63) is 66.1 Å². The highest BCUT2D eigenvalue weighted by Crippen LogP contribution is 2.30. The number of para-hydroxylation sites is 1. The number of carbonyl (C=O) groups excluding carboxylic acids is 1. The zero-order chi connectivity index (χ0) is 19.2. The van der Waals surface area contributed by atoms with Gasteiger partial charge in [-0.05, 0) is 44.2 Å². The van der Waals surface area contributed by atoms with E-state index < -0.39 is 10.0 Å². The van der Waals surface area contributed by atoms with Gasteiger partial charge in [0.15, 0.2) is 5.78 Å². The molecular formula is C20H16N2O4S. The number of anilines is 1. The van der Waals surface area contributed by atoms with Crippen LogP contribution in [0.4, 0.5) is 5.69 Å². The van der Waals surface area contributed by atoms with Crippen LogP contribution in [0.25, 0.3) is 21.9 Å². The highest BCUT2D eigenvalue weighted by atomic mass is 32.2. The number of carbonyl (C=O) groups is 1. The van der Waals surface area contributed by atoms with Crippen molar-refractivity contribution in [1.82, 2.24) is 4.98 Å². The van der Waals surface area contributed by atoms with E-state index in [-0.39, 0.29) is 10.7 Å². The Hall–Kier alpha value is -3.19. The largest absolute Gasteiger partial charge is 0.461 e. The van der Waals surface area contributed by atoms with Crippen LogP contribution in [-0.2, 0) is 10.0 Å². The van der Waals surface area contributed by atoms with Gasteiger partial charge in [0.2, 0.25) is 0 Å². The number of nitrogens with zero attached hydrogens (tertiary/aromatic N) is 1. The lowest BCUT2D eigenvalue weighted by atomic mass is 10.1. The molecule has 0 atom stereocenters. The van der Waals surface area contributed by atoms with Gasteiger partial charge in [-0.3, -0.25) is 14.5 Å². The number of Topliss-reactive ketones (excluding diaryl/α,β-unsaturated/α-hetero) is 1. The molecule has 27 heavy (non-hydrogen) atoms. The first-order valence-corrected chi connectivity index (χ1v) is 9.76. The van der Waals surface area contributed by atoms with Crippen LogP contribution in [0.3, 0.4) is 0 Å². The SMILES string of the molecule is CC(=O)c1c(C)oc2ccc(NS(=O)(=O)c3cccc4cccnc34)cc12. The quantitative estimate of drug-likeness (QED) is 0.533. The van der Waals surface area contributed by atoms with E-state index in [1.165, 1.54) is 13.0 Å². The number of fused-ring (bicyclic) bond motifs is 2. The summed E-state index contributed by atoms with van der Waals surface area (Å²) in [5.74, 6) is 0.375. The maximum absolute atomic E-state index is 12.9. The molecule has 2 aromatic heterocycles. The third-order valence-electron chi connectivity index (χ3n) is 4.35. The molecule has 0 saturated carbocycles. The number of hydrogen-bond donors (Lipinski definition) is 1. The van der Waals surface area contributed by atoms with Crippen LogP contribution < -0.4 is 4.72 Å². The number of ketones is 1. The third-order valence-corrected chi connectivity index (χ3v) is 5.77. The second-order valence-electron chi connectivity index (χ2n) is 6.24. The van der Waals surface area contributed by atoms with E-state index in [1.807, 2.05) is 0 Å². The molecule has 4 rings (SSSR count). The van der Waals surface area contributed by atoms with Crippen molar-refractivity contribution in [2.75, 3.05) is 4.72 Å². The fourth-order valence-electron chi connectivity index (χ4n) is 3.22. The molecule has 0 unspecified atom stereocenters. The standard InChI is InChI=1S/C20H16N2O4S/c1-12(23)19-13(2)26-17-9-8-15(11-16(17)19)22-27(24,25)18-7-3-5-14-6-4-10-21-20(14)18/h3-11,22H,1-2H3. The molecule has 6 nitrogen and oxygen atoms in total. The van der Waals surface area contributed by atoms with Crippen molar-refractivity contribution < 1.29 is 17.6 Å². The maximum atomic E-state index is 12.9. The summed E-state index contributed by atoms with van der Waals surface area (Å²) >= 11 is 0. The molecule has 0 saturated heterocycles. The van der Waals surface area contributed by atoms with Crippen molar-refractivity contribution >= 4 is 43.4 Å². The molecule has 0 amide bonds. The van der Waals surface area contributed by atoms with Gasteiger partial charge in [-0.25, -0.2) is 8.42 Å². The number of benzene rings is 2. The topological polar surface area (TPSA) is 89.3 Å². The number of furan rings is 1. The summed E-state index contributed by atoms with van der Waals surface area (Å²) in [4.78, 5) is 16.2. The Kier molecular flexibility index (Phi) is 3.96. The van der Waals surface area contributed by atoms with Crippen LogP contribution in [0.1, 0.15) is 23.0 Å². The highest BCUT2D eigenvalue weighted by molar-refractivity contribution is 7.93. The first-order valence-electron chi connectivity index (χ1n) is 8.27. The molecule has 2 aromatic carbocycles. The Balaban J connectivity index is 1.81. The van der Waals surface area contributed by atoms with E-state index in [2.05, 4.69) is 9.71 Å². The van der Waals surface area contributed by atoms with Gasteiger partial charge < -0.3 is 4.42 Å². The molecule has 0 aliphatic heterocycles. The van der Waals surface area contributed by atoms with Crippen LogP contribution >= 0.6 is 0 Å². The fourth-order valence-corrected chi connectivity index (χ4v) is 4.45. The monoisotopic (exact) mass is 380 g/mol. The summed E-state index contributed by atoms with van der Waals surface area (Å²) in [7, 11) is -3.86. The predicted molar refractivity (Wildman–Crippen MR) is 104 cm³/mol. The van der Waals surface area contributed by atoms with E-state index >= 15 is 0 Å². The minimum absolute atomic E-state index is 0.0934. The Morgan fingerprint density at radius 1 is 1.11 bits per heavy atom. The van der Waals surface area contributed by atoms with Crippen LogP contribution in [-0.4, -0.2) is 19.2 Å². The molecule has 0 bridgehead atoms. The molecule has 4 aromatic rings. The second-order valence-corrected chi connectivity index (χ2v) is 7.89. The highest BCUT2D eigenvalue weighted by Gasteiger charge is 2.20. The van der Waals surface area contributed by atoms with E-state index in [0.29, 0.717) is 33.5 Å². The minimum atomic E-state index is -3.86. The van der Waals surface area contributed by atoms with Crippen molar-refractivity contribution in [3.63, 3.8) is 0 Å². The lowest BCUT2D eigenvalue weighted by Gasteiger charge is -2.10. The number of sulfonamides is 1. The van der Waals surface area contributed by atoms with Gasteiger partial charge in [0, 0.05) is 22.7 Å². The molecule has 7 heteroatoms. The smallest absolute Gasteiger partial charge is 0.264 e. The summed E-state index contributed by atoms with van der Waals surface area (Å²) in [6, 6.07) is 13.4. The molecule has 0 aliphatic rings. The number of aromatic nitrogens is 1. The maximum Gasteiger partial charge on any atom is 0.264 e. The van der Waals surface area contributed by atoms with Gasteiger partial charge in [-0.15, -0.1) is 0 Å². The normalized spacial score (nSPS) is 11.8. The molecule has 2 heterocycles. The number of nitrogens with one attached hydrogen (secondary N) is 1. The average Bonchev–Trinajstić information content (AvgIpc) is 2.96. The zero-order valence-corrected chi connectivity index (χ0v) is 15.5. The number of pyridine rings is 1. The minimum Gasteiger partial charge on any atom is -0.461 e. The van der Waals surface area contributed by atoms with Gasteiger partial charge in [-0.1, -0.05) is 18.2 Å². The van der Waals surface area contributed by atoms with Gasteiger partial charge in [0.25, 0.3) is 10.0 Å². The van der Waals surface area contributed by atoms with Crippen molar-refractivity contribution in [2.45, 2.75) is 18.7 Å². The molecule has 0 fully saturated rings. The van der Waals surface area contributed by atoms with Gasteiger partial charge in [-0.2, -0.15) is 0 Å². The Morgan fingerprint density at radius 2 is 1.89 bits per heavy atom. The van der Waals surface area contributed by atoms with E-state index in [4.69, 9.17) is 4.42 Å². The summed E-state index contributed by atoms with van der Waals surface area (Å²) in [5, 5.41) is 1.32. The summed E-state index contributed by atoms with van der Waals surface area (Å²) in [6.45, 7) is 3.16. The van der Waals surface area contributed by atoms with Crippen LogP contribution in [0.5, 0.6) is 0 Å². The molecule has 136 valence electrons. The third kappa shape index (κ3) is 2.96. The summed E-state index contributed by atoms with van der Waals surface area (Å²) in [6.07, 6.45) is 1.56.